The number of urea groups is 1. The monoisotopic (exact) mass is 316 g/mol. The van der Waals surface area contributed by atoms with Crippen LogP contribution in [0.25, 0.3) is 0 Å². The molecule has 122 valence electrons. The maximum atomic E-state index is 12.0. The highest BCUT2D eigenvalue weighted by atomic mass is 16.5. The van der Waals surface area contributed by atoms with Crippen molar-refractivity contribution in [2.24, 2.45) is 5.92 Å². The fraction of sp³-hybridized carbons (Fsp3) is 0.412. The van der Waals surface area contributed by atoms with Gasteiger partial charge in [-0.1, -0.05) is 12.0 Å². The summed E-state index contributed by atoms with van der Waals surface area (Å²) < 4.78 is 5.30. The van der Waals surface area contributed by atoms with E-state index in [0.717, 1.165) is 0 Å². The molecule has 6 nitrogen and oxygen atoms in total. The topological polar surface area (TPSA) is 87.7 Å². The van der Waals surface area contributed by atoms with Crippen molar-refractivity contribution in [1.29, 1.82) is 0 Å². The van der Waals surface area contributed by atoms with Gasteiger partial charge in [-0.25, -0.2) is 4.79 Å². The number of carboxylic acid groups (broad SMARTS) is 1. The molecule has 2 amide bonds. The number of carbonyl (C=O) groups excluding carboxylic acids is 1. The maximum Gasteiger partial charge on any atom is 0.319 e. The Balaban J connectivity index is 1.81. The Morgan fingerprint density at radius 1 is 1.30 bits per heavy atom. The zero-order valence-electron chi connectivity index (χ0n) is 12.7. The Hall–Kier alpha value is -2.68. The molecular formula is C17H20N2O4. The van der Waals surface area contributed by atoms with Crippen molar-refractivity contribution >= 4 is 17.7 Å². The van der Waals surface area contributed by atoms with E-state index in [0.29, 0.717) is 37.1 Å². The second-order valence-electron chi connectivity index (χ2n) is 5.51. The molecule has 1 aromatic rings. The van der Waals surface area contributed by atoms with Gasteiger partial charge >= 0.3 is 12.0 Å². The summed E-state index contributed by atoms with van der Waals surface area (Å²) in [4.78, 5) is 22.9. The van der Waals surface area contributed by atoms with Gasteiger partial charge in [-0.2, -0.15) is 0 Å². The van der Waals surface area contributed by atoms with Gasteiger partial charge in [0.15, 0.2) is 0 Å². The first-order chi connectivity index (χ1) is 11.1. The molecule has 1 aliphatic carbocycles. The Morgan fingerprint density at radius 2 is 2.04 bits per heavy atom. The fourth-order valence-corrected chi connectivity index (χ4v) is 2.63. The summed E-state index contributed by atoms with van der Waals surface area (Å²) in [6.07, 6.45) is 7.67. The molecule has 0 aromatic heterocycles. The molecule has 6 heteroatoms. The van der Waals surface area contributed by atoms with Crippen LogP contribution in [-0.2, 0) is 4.79 Å². The molecule has 0 aliphatic heterocycles. The van der Waals surface area contributed by atoms with E-state index < -0.39 is 5.97 Å². The highest BCUT2D eigenvalue weighted by molar-refractivity contribution is 5.89. The maximum absolute atomic E-state index is 12.0. The lowest BCUT2D eigenvalue weighted by atomic mass is 9.86. The van der Waals surface area contributed by atoms with E-state index in [-0.39, 0.29) is 24.6 Å². The number of hydrogen-bond acceptors (Lipinski definition) is 3. The number of aliphatic carboxylic acids is 1. The van der Waals surface area contributed by atoms with Crippen molar-refractivity contribution in [3.05, 3.63) is 24.3 Å². The molecule has 0 saturated heterocycles. The number of carbonyl (C=O) groups is 2. The lowest BCUT2D eigenvalue weighted by Gasteiger charge is -2.26. The third-order valence-corrected chi connectivity index (χ3v) is 3.83. The summed E-state index contributed by atoms with van der Waals surface area (Å²) in [5.74, 6) is 1.92. The van der Waals surface area contributed by atoms with Crippen LogP contribution in [0.15, 0.2) is 24.3 Å². The van der Waals surface area contributed by atoms with Crippen LogP contribution in [0.5, 0.6) is 5.75 Å². The van der Waals surface area contributed by atoms with Gasteiger partial charge in [-0.3, -0.25) is 4.79 Å². The number of nitrogens with one attached hydrogen (secondary N) is 2. The van der Waals surface area contributed by atoms with Crippen molar-refractivity contribution in [3.8, 4) is 18.1 Å². The third-order valence-electron chi connectivity index (χ3n) is 3.83. The molecule has 2 rings (SSSR count). The molecule has 23 heavy (non-hydrogen) atoms. The van der Waals surface area contributed by atoms with E-state index in [9.17, 15) is 9.59 Å². The van der Waals surface area contributed by atoms with Crippen molar-refractivity contribution < 1.29 is 19.4 Å². The number of anilines is 1. The number of rotatable bonds is 5. The first-order valence-electron chi connectivity index (χ1n) is 7.55. The van der Waals surface area contributed by atoms with Gasteiger partial charge in [0.2, 0.25) is 0 Å². The minimum absolute atomic E-state index is 0.00599. The molecule has 3 N–H and O–H groups in total. The predicted molar refractivity (Wildman–Crippen MR) is 86.3 cm³/mol. The molecule has 0 spiro atoms. The van der Waals surface area contributed by atoms with Crippen molar-refractivity contribution in [3.63, 3.8) is 0 Å². The van der Waals surface area contributed by atoms with Gasteiger partial charge in [-0.05, 0) is 37.8 Å². The summed E-state index contributed by atoms with van der Waals surface area (Å²) in [6, 6.07) is 6.67. The summed E-state index contributed by atoms with van der Waals surface area (Å²) in [7, 11) is 0. The van der Waals surface area contributed by atoms with Crippen LogP contribution in [-0.4, -0.2) is 29.8 Å². The molecule has 1 fully saturated rings. The van der Waals surface area contributed by atoms with E-state index in [1.807, 2.05) is 0 Å². The van der Waals surface area contributed by atoms with E-state index in [2.05, 4.69) is 16.6 Å². The lowest BCUT2D eigenvalue weighted by Crippen LogP contribution is -2.40. The molecule has 0 atom stereocenters. The molecule has 0 radical (unpaired) electrons. The molecule has 1 saturated carbocycles. The average Bonchev–Trinajstić information content (AvgIpc) is 2.53. The van der Waals surface area contributed by atoms with Crippen LogP contribution in [0, 0.1) is 18.3 Å². The van der Waals surface area contributed by atoms with Crippen molar-refractivity contribution in [2.75, 3.05) is 11.9 Å². The van der Waals surface area contributed by atoms with Gasteiger partial charge in [0.1, 0.15) is 12.4 Å². The standard InChI is InChI=1S/C17H20N2O4/c1-2-10-23-15-5-3-4-14(11-15)19-17(22)18-13-8-6-12(7-9-13)16(20)21/h1,3-5,11-13H,6-10H2,(H,20,21)(H2,18,19,22). The van der Waals surface area contributed by atoms with Crippen LogP contribution in [0.3, 0.4) is 0 Å². The Bertz CT molecular complexity index is 601. The van der Waals surface area contributed by atoms with Gasteiger partial charge < -0.3 is 20.5 Å². The lowest BCUT2D eigenvalue weighted by molar-refractivity contribution is -0.142. The summed E-state index contributed by atoms with van der Waals surface area (Å²) in [6.45, 7) is 0.169. The van der Waals surface area contributed by atoms with Crippen LogP contribution in [0.1, 0.15) is 25.7 Å². The minimum atomic E-state index is -0.753. The van der Waals surface area contributed by atoms with Crippen LogP contribution in [0.4, 0.5) is 10.5 Å². The highest BCUT2D eigenvalue weighted by Gasteiger charge is 2.26. The number of carboxylic acids is 1. The average molecular weight is 316 g/mol. The second-order valence-corrected chi connectivity index (χ2v) is 5.51. The molecule has 1 aliphatic rings. The molecule has 1 aromatic carbocycles. The van der Waals surface area contributed by atoms with E-state index in [1.54, 1.807) is 24.3 Å². The summed E-state index contributed by atoms with van der Waals surface area (Å²) in [5.41, 5.74) is 0.608. The van der Waals surface area contributed by atoms with Gasteiger partial charge in [0, 0.05) is 17.8 Å². The van der Waals surface area contributed by atoms with Crippen molar-refractivity contribution in [1.82, 2.24) is 5.32 Å². The summed E-state index contributed by atoms with van der Waals surface area (Å²) >= 11 is 0. The normalized spacial score (nSPS) is 20.1. The highest BCUT2D eigenvalue weighted by Crippen LogP contribution is 2.24. The third kappa shape index (κ3) is 5.22. The fourth-order valence-electron chi connectivity index (χ4n) is 2.63. The number of benzene rings is 1. The first-order valence-corrected chi connectivity index (χ1v) is 7.55. The van der Waals surface area contributed by atoms with Crippen LogP contribution < -0.4 is 15.4 Å². The Kier molecular flexibility index (Phi) is 5.87. The van der Waals surface area contributed by atoms with Gasteiger partial charge in [0.25, 0.3) is 0 Å². The Labute approximate surface area is 135 Å². The molecule has 0 heterocycles. The smallest absolute Gasteiger partial charge is 0.319 e. The number of terminal acetylenes is 1. The van der Waals surface area contributed by atoms with Gasteiger partial charge in [-0.15, -0.1) is 6.42 Å². The second kappa shape index (κ2) is 8.08. The van der Waals surface area contributed by atoms with Crippen molar-refractivity contribution in [2.45, 2.75) is 31.7 Å². The number of amides is 2. The Morgan fingerprint density at radius 3 is 2.70 bits per heavy atom. The zero-order valence-corrected chi connectivity index (χ0v) is 12.7. The quantitative estimate of drug-likeness (QED) is 0.728. The summed E-state index contributed by atoms with van der Waals surface area (Å²) in [5, 5.41) is 14.6. The van der Waals surface area contributed by atoms with Crippen LogP contribution >= 0.6 is 0 Å². The zero-order chi connectivity index (χ0) is 16.7. The SMILES string of the molecule is C#CCOc1cccc(NC(=O)NC2CCC(C(=O)O)CC2)c1. The molecular weight excluding hydrogens is 296 g/mol. The molecule has 0 bridgehead atoms. The van der Waals surface area contributed by atoms with Gasteiger partial charge in [0.05, 0.1) is 5.92 Å². The minimum Gasteiger partial charge on any atom is -0.481 e. The first kappa shape index (κ1) is 16.7. The number of ether oxygens (including phenoxy) is 1. The van der Waals surface area contributed by atoms with E-state index >= 15 is 0 Å². The van der Waals surface area contributed by atoms with E-state index in [1.165, 1.54) is 0 Å². The number of hydrogen-bond donors (Lipinski definition) is 3. The predicted octanol–water partition coefficient (Wildman–Crippen LogP) is 2.46. The van der Waals surface area contributed by atoms with E-state index in [4.69, 9.17) is 16.3 Å². The van der Waals surface area contributed by atoms with Crippen LogP contribution in [0.2, 0.25) is 0 Å². The largest absolute Gasteiger partial charge is 0.481 e. The molecule has 0 unspecified atom stereocenters.